The predicted molar refractivity (Wildman–Crippen MR) is 71.7 cm³/mol. The molecular weight excluding hydrogens is 228 g/mol. The zero-order valence-electron chi connectivity index (χ0n) is 12.0. The van der Waals surface area contributed by atoms with Crippen LogP contribution < -0.4 is 5.32 Å². The van der Waals surface area contributed by atoms with E-state index in [0.29, 0.717) is 12.8 Å². The fourth-order valence-corrected chi connectivity index (χ4v) is 2.10. The molecule has 0 heterocycles. The fourth-order valence-electron chi connectivity index (χ4n) is 2.10. The first kappa shape index (κ1) is 16.9. The number of aliphatic hydroxyl groups is 1. The van der Waals surface area contributed by atoms with Crippen LogP contribution in [0.5, 0.6) is 0 Å². The third-order valence-corrected chi connectivity index (χ3v) is 3.32. The van der Waals surface area contributed by atoms with Crippen LogP contribution >= 0.6 is 0 Å². The molecule has 0 rings (SSSR count). The molecule has 18 heavy (non-hydrogen) atoms. The number of nitrogens with one attached hydrogen (secondary N) is 1. The van der Waals surface area contributed by atoms with Gasteiger partial charge in [-0.2, -0.15) is 5.26 Å². The molecule has 0 aromatic rings. The van der Waals surface area contributed by atoms with Crippen LogP contribution in [0.15, 0.2) is 0 Å². The maximum atomic E-state index is 12.3. The highest BCUT2D eigenvalue weighted by Gasteiger charge is 2.38. The van der Waals surface area contributed by atoms with Crippen molar-refractivity contribution in [2.45, 2.75) is 59.4 Å². The molecule has 0 fully saturated rings. The summed E-state index contributed by atoms with van der Waals surface area (Å²) in [6.07, 6.45) is 2.73. The number of carbonyl (C=O) groups excluding carboxylic acids is 1. The third-order valence-electron chi connectivity index (χ3n) is 3.32. The SMILES string of the molecule is CCCC(C#N)(CCC)C(=O)N[C@H](CO)C(C)C. The Kier molecular flexibility index (Phi) is 7.61. The summed E-state index contributed by atoms with van der Waals surface area (Å²) in [7, 11) is 0. The number of aliphatic hydroxyl groups excluding tert-OH is 1. The lowest BCUT2D eigenvalue weighted by Crippen LogP contribution is -2.48. The minimum atomic E-state index is -0.939. The summed E-state index contributed by atoms with van der Waals surface area (Å²) < 4.78 is 0. The summed E-state index contributed by atoms with van der Waals surface area (Å²) in [5.74, 6) is -0.0833. The molecule has 0 aromatic carbocycles. The summed E-state index contributed by atoms with van der Waals surface area (Å²) in [6.45, 7) is 7.73. The summed E-state index contributed by atoms with van der Waals surface area (Å²) >= 11 is 0. The molecule has 0 aromatic heterocycles. The molecule has 0 spiro atoms. The van der Waals surface area contributed by atoms with Crippen LogP contribution in [-0.4, -0.2) is 23.7 Å². The van der Waals surface area contributed by atoms with Crippen LogP contribution in [0.4, 0.5) is 0 Å². The molecule has 4 nitrogen and oxygen atoms in total. The van der Waals surface area contributed by atoms with Crippen LogP contribution in [0.1, 0.15) is 53.4 Å². The van der Waals surface area contributed by atoms with Gasteiger partial charge in [-0.05, 0) is 18.8 Å². The standard InChI is InChI=1S/C14H26N2O2/c1-5-7-14(10-15,8-6-2)13(18)16-12(9-17)11(3)4/h11-12,17H,5-9H2,1-4H3,(H,16,18)/t12-/m1/s1. The number of carbonyl (C=O) groups is 1. The van der Waals surface area contributed by atoms with Crippen LogP contribution in [-0.2, 0) is 4.79 Å². The molecule has 4 heteroatoms. The molecule has 0 bridgehead atoms. The number of nitriles is 1. The monoisotopic (exact) mass is 254 g/mol. The van der Waals surface area contributed by atoms with Crippen molar-refractivity contribution in [3.63, 3.8) is 0 Å². The van der Waals surface area contributed by atoms with E-state index in [4.69, 9.17) is 0 Å². The summed E-state index contributed by atoms with van der Waals surface area (Å²) in [4.78, 5) is 12.3. The van der Waals surface area contributed by atoms with Gasteiger partial charge in [-0.15, -0.1) is 0 Å². The zero-order valence-corrected chi connectivity index (χ0v) is 12.0. The fraction of sp³-hybridized carbons (Fsp3) is 0.857. The van der Waals surface area contributed by atoms with Crippen molar-refractivity contribution in [1.82, 2.24) is 5.32 Å². The van der Waals surface area contributed by atoms with Crippen LogP contribution in [0.2, 0.25) is 0 Å². The van der Waals surface area contributed by atoms with Gasteiger partial charge in [0.2, 0.25) is 5.91 Å². The van der Waals surface area contributed by atoms with Crippen LogP contribution in [0.25, 0.3) is 0 Å². The van der Waals surface area contributed by atoms with Gasteiger partial charge >= 0.3 is 0 Å². The van der Waals surface area contributed by atoms with Gasteiger partial charge < -0.3 is 10.4 Å². The van der Waals surface area contributed by atoms with E-state index in [1.165, 1.54) is 0 Å². The molecule has 0 saturated carbocycles. The van der Waals surface area contributed by atoms with Crippen molar-refractivity contribution < 1.29 is 9.90 Å². The van der Waals surface area contributed by atoms with Crippen molar-refractivity contribution in [3.8, 4) is 6.07 Å². The highest BCUT2D eigenvalue weighted by atomic mass is 16.3. The van der Waals surface area contributed by atoms with Gasteiger partial charge in [0.15, 0.2) is 0 Å². The molecule has 0 unspecified atom stereocenters. The van der Waals surface area contributed by atoms with Gasteiger partial charge in [-0.1, -0.05) is 40.5 Å². The maximum absolute atomic E-state index is 12.3. The van der Waals surface area contributed by atoms with E-state index < -0.39 is 5.41 Å². The number of nitrogens with zero attached hydrogens (tertiary/aromatic N) is 1. The highest BCUT2D eigenvalue weighted by Crippen LogP contribution is 2.29. The van der Waals surface area contributed by atoms with Crippen LogP contribution in [0.3, 0.4) is 0 Å². The van der Waals surface area contributed by atoms with E-state index in [1.54, 1.807) is 0 Å². The molecule has 104 valence electrons. The number of hydrogen-bond donors (Lipinski definition) is 2. The Hall–Kier alpha value is -1.08. The molecular formula is C14H26N2O2. The van der Waals surface area contributed by atoms with Gasteiger partial charge in [0.1, 0.15) is 5.41 Å². The zero-order chi connectivity index (χ0) is 14.2. The molecule has 0 aliphatic heterocycles. The van der Waals surface area contributed by atoms with Gasteiger partial charge in [-0.25, -0.2) is 0 Å². The van der Waals surface area contributed by atoms with E-state index in [0.717, 1.165) is 12.8 Å². The smallest absolute Gasteiger partial charge is 0.240 e. The first-order valence-corrected chi connectivity index (χ1v) is 6.80. The number of rotatable bonds is 8. The van der Waals surface area contributed by atoms with Gasteiger partial charge in [-0.3, -0.25) is 4.79 Å². The lowest BCUT2D eigenvalue weighted by molar-refractivity contribution is -0.130. The van der Waals surface area contributed by atoms with Crippen LogP contribution in [0, 0.1) is 22.7 Å². The Morgan fingerprint density at radius 3 is 2.11 bits per heavy atom. The van der Waals surface area contributed by atoms with E-state index in [-0.39, 0.29) is 24.5 Å². The molecule has 0 aliphatic rings. The van der Waals surface area contributed by atoms with Crippen molar-refractivity contribution in [2.24, 2.45) is 11.3 Å². The van der Waals surface area contributed by atoms with Gasteiger partial charge in [0.25, 0.3) is 0 Å². The van der Waals surface area contributed by atoms with Gasteiger partial charge in [0.05, 0.1) is 18.7 Å². The Morgan fingerprint density at radius 1 is 1.33 bits per heavy atom. The normalized spacial score (nSPS) is 13.2. The average Bonchev–Trinajstić information content (AvgIpc) is 2.34. The summed E-state index contributed by atoms with van der Waals surface area (Å²) in [5.41, 5.74) is -0.939. The molecule has 0 aliphatic carbocycles. The topological polar surface area (TPSA) is 73.1 Å². The number of amides is 1. The maximum Gasteiger partial charge on any atom is 0.240 e. The number of hydrogen-bond acceptors (Lipinski definition) is 3. The first-order chi connectivity index (χ1) is 8.47. The quantitative estimate of drug-likeness (QED) is 0.697. The Balaban J connectivity index is 4.91. The largest absolute Gasteiger partial charge is 0.394 e. The first-order valence-electron chi connectivity index (χ1n) is 6.80. The molecule has 0 radical (unpaired) electrons. The van der Waals surface area contributed by atoms with Crippen molar-refractivity contribution in [1.29, 1.82) is 5.26 Å². The second kappa shape index (κ2) is 8.10. The molecule has 0 saturated heterocycles. The minimum Gasteiger partial charge on any atom is -0.394 e. The molecule has 2 N–H and O–H groups in total. The summed E-state index contributed by atoms with van der Waals surface area (Å²) in [6, 6.07) is 1.91. The Bertz CT molecular complexity index is 289. The molecule has 1 atom stereocenters. The highest BCUT2D eigenvalue weighted by molar-refractivity contribution is 5.85. The van der Waals surface area contributed by atoms with Crippen molar-refractivity contribution >= 4 is 5.91 Å². The van der Waals surface area contributed by atoms with Gasteiger partial charge in [0, 0.05) is 0 Å². The van der Waals surface area contributed by atoms with E-state index in [2.05, 4.69) is 11.4 Å². The average molecular weight is 254 g/mol. The lowest BCUT2D eigenvalue weighted by Gasteiger charge is -2.28. The third kappa shape index (κ3) is 4.30. The second-order valence-electron chi connectivity index (χ2n) is 5.20. The van der Waals surface area contributed by atoms with Crippen molar-refractivity contribution in [3.05, 3.63) is 0 Å². The minimum absolute atomic E-state index is 0.0941. The molecule has 1 amide bonds. The van der Waals surface area contributed by atoms with Crippen molar-refractivity contribution in [2.75, 3.05) is 6.61 Å². The lowest BCUT2D eigenvalue weighted by atomic mass is 9.79. The second-order valence-corrected chi connectivity index (χ2v) is 5.20. The Morgan fingerprint density at radius 2 is 1.83 bits per heavy atom. The Labute approximate surface area is 110 Å². The predicted octanol–water partition coefficient (Wildman–Crippen LogP) is 2.23. The summed E-state index contributed by atoms with van der Waals surface area (Å²) in [5, 5.41) is 21.4. The van der Waals surface area contributed by atoms with E-state index >= 15 is 0 Å². The van der Waals surface area contributed by atoms with E-state index in [9.17, 15) is 15.2 Å². The van der Waals surface area contributed by atoms with E-state index in [1.807, 2.05) is 27.7 Å².